The summed E-state index contributed by atoms with van der Waals surface area (Å²) in [4.78, 5) is 0. The Labute approximate surface area is 248 Å². The molecule has 7 aliphatic rings. The molecule has 3 aliphatic heterocycles. The smallest absolute Gasteiger partial charge is 0.195 e. The van der Waals surface area contributed by atoms with Gasteiger partial charge >= 0.3 is 0 Å². The Hall–Kier alpha value is -0.400. The Morgan fingerprint density at radius 1 is 0.810 bits per heavy atom. The van der Waals surface area contributed by atoms with Crippen LogP contribution in [-0.2, 0) is 18.9 Å². The molecule has 19 unspecified atom stereocenters. The van der Waals surface area contributed by atoms with Gasteiger partial charge in [0.2, 0.25) is 0 Å². The van der Waals surface area contributed by atoms with Gasteiger partial charge in [-0.2, -0.15) is 0 Å². The van der Waals surface area contributed by atoms with Gasteiger partial charge in [0.1, 0.15) is 30.5 Å². The quantitative estimate of drug-likeness (QED) is 0.281. The van der Waals surface area contributed by atoms with Crippen LogP contribution < -0.4 is 0 Å². The lowest BCUT2D eigenvalue weighted by Crippen LogP contribution is -2.60. The van der Waals surface area contributed by atoms with Crippen molar-refractivity contribution in [3.05, 3.63) is 0 Å². The molecule has 0 aromatic heterocycles. The highest BCUT2D eigenvalue weighted by Crippen LogP contribution is 2.67. The van der Waals surface area contributed by atoms with Crippen LogP contribution in [0.1, 0.15) is 78.6 Å². The van der Waals surface area contributed by atoms with Gasteiger partial charge in [-0.1, -0.05) is 20.8 Å². The molecule has 19 atom stereocenters. The highest BCUT2D eigenvalue weighted by Gasteiger charge is 2.67. The second-order valence-corrected chi connectivity index (χ2v) is 15.4. The maximum absolute atomic E-state index is 12.0. The molecule has 42 heavy (non-hydrogen) atoms. The molecule has 0 aromatic rings. The van der Waals surface area contributed by atoms with Crippen LogP contribution in [-0.4, -0.2) is 98.3 Å². The summed E-state index contributed by atoms with van der Waals surface area (Å²) < 4.78 is 24.4. The van der Waals surface area contributed by atoms with Crippen LogP contribution in [0.15, 0.2) is 0 Å². The summed E-state index contributed by atoms with van der Waals surface area (Å²) in [5.41, 5.74) is 0.335. The Morgan fingerprint density at radius 2 is 1.57 bits per heavy atom. The largest absolute Gasteiger partial charge is 0.394 e. The van der Waals surface area contributed by atoms with Gasteiger partial charge in [0, 0.05) is 11.8 Å². The van der Waals surface area contributed by atoms with E-state index in [0.29, 0.717) is 35.5 Å². The molecule has 0 spiro atoms. The summed E-state index contributed by atoms with van der Waals surface area (Å²) in [6.07, 6.45) is 1.00. The van der Waals surface area contributed by atoms with Crippen molar-refractivity contribution >= 4 is 0 Å². The monoisotopic (exact) mass is 596 g/mol. The second kappa shape index (κ2) is 10.9. The fraction of sp³-hybridized carbons (Fsp3) is 1.00. The van der Waals surface area contributed by atoms with Crippen molar-refractivity contribution in [2.75, 3.05) is 6.61 Å². The molecule has 10 nitrogen and oxygen atoms in total. The summed E-state index contributed by atoms with van der Waals surface area (Å²) >= 11 is 0. The van der Waals surface area contributed by atoms with Crippen LogP contribution in [0.25, 0.3) is 0 Å². The average molecular weight is 597 g/mol. The van der Waals surface area contributed by atoms with E-state index in [1.54, 1.807) is 0 Å². The Balaban J connectivity index is 1.02. The first kappa shape index (κ1) is 30.3. The van der Waals surface area contributed by atoms with E-state index in [2.05, 4.69) is 13.8 Å². The standard InChI is InChI=1S/C32H52O10/c1-14-10-24(40-29(14)41-30-28(37)27(36)26(35)23(13-33)39-30)32(38)15(2)25-19-6-7-21-18(20(19)12-22(25)42-32)5-4-16-11-17(34)8-9-31(16,21)3/h14-30,33-38H,4-13H2,1-3H3. The Bertz CT molecular complexity index is 996. The fourth-order valence-electron chi connectivity index (χ4n) is 11.3. The van der Waals surface area contributed by atoms with Crippen LogP contribution in [0.5, 0.6) is 0 Å². The minimum absolute atomic E-state index is 0.00165. The summed E-state index contributed by atoms with van der Waals surface area (Å²) in [5.74, 6) is 1.82. The molecule has 0 bridgehead atoms. The molecule has 3 heterocycles. The lowest BCUT2D eigenvalue weighted by Gasteiger charge is -2.59. The maximum Gasteiger partial charge on any atom is 0.195 e. The van der Waals surface area contributed by atoms with Crippen LogP contribution in [0.3, 0.4) is 0 Å². The van der Waals surface area contributed by atoms with Gasteiger partial charge in [-0.05, 0) is 98.7 Å². The number of aliphatic hydroxyl groups excluding tert-OH is 5. The molecular formula is C32H52O10. The maximum atomic E-state index is 12.0. The third kappa shape index (κ3) is 4.49. The molecule has 6 N–H and O–H groups in total. The van der Waals surface area contributed by atoms with Gasteiger partial charge in [-0.3, -0.25) is 0 Å². The van der Waals surface area contributed by atoms with Crippen LogP contribution in [0.4, 0.5) is 0 Å². The normalized spacial score (nSPS) is 60.9. The first-order chi connectivity index (χ1) is 20.0. The van der Waals surface area contributed by atoms with E-state index < -0.39 is 55.5 Å². The van der Waals surface area contributed by atoms with E-state index in [4.69, 9.17) is 18.9 Å². The van der Waals surface area contributed by atoms with Crippen molar-refractivity contribution < 1.29 is 49.6 Å². The molecule has 0 radical (unpaired) electrons. The van der Waals surface area contributed by atoms with Gasteiger partial charge in [-0.25, -0.2) is 0 Å². The lowest BCUT2D eigenvalue weighted by molar-refractivity contribution is -0.350. The summed E-state index contributed by atoms with van der Waals surface area (Å²) in [6.45, 7) is 6.03. The number of ether oxygens (including phenoxy) is 4. The number of hydrogen-bond donors (Lipinski definition) is 6. The predicted molar refractivity (Wildman–Crippen MR) is 148 cm³/mol. The van der Waals surface area contributed by atoms with E-state index in [1.165, 1.54) is 25.7 Å². The molecule has 3 saturated heterocycles. The van der Waals surface area contributed by atoms with Gasteiger partial charge < -0.3 is 49.6 Å². The van der Waals surface area contributed by atoms with Gasteiger partial charge in [0.25, 0.3) is 0 Å². The highest BCUT2D eigenvalue weighted by molar-refractivity contribution is 5.12. The zero-order valence-electron chi connectivity index (χ0n) is 25.2. The molecule has 7 rings (SSSR count). The van der Waals surface area contributed by atoms with Crippen LogP contribution >= 0.6 is 0 Å². The third-order valence-electron chi connectivity index (χ3n) is 13.6. The summed E-state index contributed by atoms with van der Waals surface area (Å²) in [7, 11) is 0. The topological polar surface area (TPSA) is 158 Å². The Kier molecular flexibility index (Phi) is 7.82. The van der Waals surface area contributed by atoms with Crippen molar-refractivity contribution in [1.82, 2.24) is 0 Å². The zero-order valence-corrected chi connectivity index (χ0v) is 25.2. The van der Waals surface area contributed by atoms with E-state index in [0.717, 1.165) is 31.6 Å². The van der Waals surface area contributed by atoms with E-state index in [1.807, 2.05) is 6.92 Å². The number of rotatable bonds is 4. The highest BCUT2D eigenvalue weighted by atomic mass is 16.8. The van der Waals surface area contributed by atoms with Gasteiger partial charge in [-0.15, -0.1) is 0 Å². The molecule has 240 valence electrons. The number of aliphatic hydroxyl groups is 6. The fourth-order valence-corrected chi connectivity index (χ4v) is 11.3. The molecular weight excluding hydrogens is 544 g/mol. The van der Waals surface area contributed by atoms with Crippen molar-refractivity contribution in [3.63, 3.8) is 0 Å². The molecule has 10 heteroatoms. The lowest BCUT2D eigenvalue weighted by atomic mass is 9.46. The predicted octanol–water partition coefficient (Wildman–Crippen LogP) is 1.52. The molecule has 4 aliphatic carbocycles. The van der Waals surface area contributed by atoms with E-state index >= 15 is 0 Å². The summed E-state index contributed by atoms with van der Waals surface area (Å²) in [6, 6.07) is 0. The van der Waals surface area contributed by atoms with Crippen LogP contribution in [0.2, 0.25) is 0 Å². The minimum Gasteiger partial charge on any atom is -0.394 e. The van der Waals surface area contributed by atoms with Crippen molar-refractivity contribution in [2.45, 2.75) is 140 Å². The van der Waals surface area contributed by atoms with Crippen molar-refractivity contribution in [2.24, 2.45) is 52.8 Å². The van der Waals surface area contributed by atoms with Gasteiger partial charge in [0.05, 0.1) is 18.8 Å². The molecule has 7 fully saturated rings. The van der Waals surface area contributed by atoms with E-state index in [-0.39, 0.29) is 30.0 Å². The van der Waals surface area contributed by atoms with E-state index in [9.17, 15) is 30.6 Å². The average Bonchev–Trinajstić information content (AvgIpc) is 3.60. The summed E-state index contributed by atoms with van der Waals surface area (Å²) in [5, 5.41) is 62.6. The molecule has 4 saturated carbocycles. The molecule has 0 aromatic carbocycles. The van der Waals surface area contributed by atoms with Crippen molar-refractivity contribution in [1.29, 1.82) is 0 Å². The first-order valence-electron chi connectivity index (χ1n) is 16.7. The third-order valence-corrected chi connectivity index (χ3v) is 13.6. The number of fused-ring (bicyclic) bond motifs is 7. The SMILES string of the molecule is CC1CC(C2(O)OC3CC4C(CCC5C4CCC4CC(O)CCC45C)C3C2C)OC1OC1OC(CO)C(O)C(O)C1O. The minimum atomic E-state index is -1.53. The second-order valence-electron chi connectivity index (χ2n) is 15.4. The zero-order chi connectivity index (χ0) is 29.7. The van der Waals surface area contributed by atoms with Gasteiger partial charge in [0.15, 0.2) is 18.4 Å². The van der Waals surface area contributed by atoms with Crippen LogP contribution in [0, 0.1) is 52.8 Å². The number of hydrogen-bond acceptors (Lipinski definition) is 10. The van der Waals surface area contributed by atoms with Crippen molar-refractivity contribution in [3.8, 4) is 0 Å². The Morgan fingerprint density at radius 3 is 2.33 bits per heavy atom. The first-order valence-corrected chi connectivity index (χ1v) is 16.7. The molecule has 0 amide bonds.